The highest BCUT2D eigenvalue weighted by Gasteiger charge is 2.03. The number of hydrogen-bond donors (Lipinski definition) is 1. The third kappa shape index (κ3) is 3.56. The van der Waals surface area contributed by atoms with E-state index >= 15 is 0 Å². The number of amides is 1. The molecule has 3 heteroatoms. The highest BCUT2D eigenvalue weighted by Crippen LogP contribution is 2.15. The lowest BCUT2D eigenvalue weighted by Gasteiger charge is -2.08. The summed E-state index contributed by atoms with van der Waals surface area (Å²) in [7, 11) is 1.66. The predicted molar refractivity (Wildman–Crippen MR) is 60.8 cm³/mol. The van der Waals surface area contributed by atoms with Crippen LogP contribution in [0.1, 0.15) is 5.56 Å². The fourth-order valence-electron chi connectivity index (χ4n) is 1.26. The molecule has 0 aliphatic carbocycles. The summed E-state index contributed by atoms with van der Waals surface area (Å²) in [6.45, 7) is 4.05. The number of methoxy groups -OCH3 is 1. The summed E-state index contributed by atoms with van der Waals surface area (Å²) in [5.74, 6) is -0.195. The van der Waals surface area contributed by atoms with E-state index in [-0.39, 0.29) is 5.91 Å². The van der Waals surface area contributed by atoms with E-state index in [4.69, 9.17) is 4.74 Å². The normalized spacial score (nSPS) is 9.67. The maximum Gasteiger partial charge on any atom is 0.247 e. The molecular formula is C12H15NO2. The SMILES string of the molecule is C=CC(=O)Nc1ccccc1CCOC. The van der Waals surface area contributed by atoms with E-state index in [2.05, 4.69) is 11.9 Å². The number of hydrogen-bond acceptors (Lipinski definition) is 2. The average Bonchev–Trinajstić information content (AvgIpc) is 2.28. The van der Waals surface area contributed by atoms with Gasteiger partial charge in [-0.2, -0.15) is 0 Å². The van der Waals surface area contributed by atoms with Gasteiger partial charge in [-0.15, -0.1) is 0 Å². The molecule has 0 heterocycles. The van der Waals surface area contributed by atoms with Crippen molar-refractivity contribution in [3.63, 3.8) is 0 Å². The average molecular weight is 205 g/mol. The van der Waals surface area contributed by atoms with E-state index in [0.717, 1.165) is 17.7 Å². The first kappa shape index (κ1) is 11.5. The summed E-state index contributed by atoms with van der Waals surface area (Å²) in [6, 6.07) is 7.66. The molecule has 0 aliphatic heterocycles. The second-order valence-corrected chi connectivity index (χ2v) is 3.09. The number of nitrogens with one attached hydrogen (secondary N) is 1. The second kappa shape index (κ2) is 5.98. The van der Waals surface area contributed by atoms with Gasteiger partial charge in [-0.1, -0.05) is 24.8 Å². The van der Waals surface area contributed by atoms with Gasteiger partial charge in [0.1, 0.15) is 0 Å². The quantitative estimate of drug-likeness (QED) is 0.747. The van der Waals surface area contributed by atoms with Gasteiger partial charge in [0.25, 0.3) is 0 Å². The molecule has 0 atom stereocenters. The highest BCUT2D eigenvalue weighted by atomic mass is 16.5. The lowest BCUT2D eigenvalue weighted by atomic mass is 10.1. The molecule has 0 saturated carbocycles. The largest absolute Gasteiger partial charge is 0.384 e. The van der Waals surface area contributed by atoms with Crippen LogP contribution in [0.5, 0.6) is 0 Å². The van der Waals surface area contributed by atoms with Crippen molar-refractivity contribution < 1.29 is 9.53 Å². The first-order valence-corrected chi connectivity index (χ1v) is 4.78. The molecule has 0 aromatic heterocycles. The van der Waals surface area contributed by atoms with Crippen molar-refractivity contribution in [2.24, 2.45) is 0 Å². The van der Waals surface area contributed by atoms with Crippen LogP contribution < -0.4 is 5.32 Å². The van der Waals surface area contributed by atoms with Gasteiger partial charge in [-0.25, -0.2) is 0 Å². The van der Waals surface area contributed by atoms with Crippen LogP contribution in [0.2, 0.25) is 0 Å². The summed E-state index contributed by atoms with van der Waals surface area (Å²) in [4.78, 5) is 11.1. The van der Waals surface area contributed by atoms with Crippen molar-refractivity contribution in [1.82, 2.24) is 0 Å². The third-order valence-corrected chi connectivity index (χ3v) is 2.04. The Bertz CT molecular complexity index is 347. The number of rotatable bonds is 5. The molecule has 0 unspecified atom stereocenters. The maximum atomic E-state index is 11.1. The maximum absolute atomic E-state index is 11.1. The minimum absolute atomic E-state index is 0.195. The van der Waals surface area contributed by atoms with Gasteiger partial charge in [-0.3, -0.25) is 4.79 Å². The van der Waals surface area contributed by atoms with Crippen LogP contribution in [0.3, 0.4) is 0 Å². The Morgan fingerprint density at radius 3 is 2.93 bits per heavy atom. The molecule has 1 aromatic carbocycles. The van der Waals surface area contributed by atoms with Crippen LogP contribution in [-0.2, 0) is 16.0 Å². The van der Waals surface area contributed by atoms with Crippen molar-refractivity contribution >= 4 is 11.6 Å². The summed E-state index contributed by atoms with van der Waals surface area (Å²) < 4.78 is 5.00. The number of carbonyl (C=O) groups is 1. The van der Waals surface area contributed by atoms with Crippen LogP contribution in [0.25, 0.3) is 0 Å². The Morgan fingerprint density at radius 2 is 2.27 bits per heavy atom. The van der Waals surface area contributed by atoms with Crippen LogP contribution in [0.15, 0.2) is 36.9 Å². The Hall–Kier alpha value is -1.61. The van der Waals surface area contributed by atoms with Crippen LogP contribution in [0, 0.1) is 0 Å². The topological polar surface area (TPSA) is 38.3 Å². The summed E-state index contributed by atoms with van der Waals surface area (Å²) in [6.07, 6.45) is 2.04. The number of anilines is 1. The van der Waals surface area contributed by atoms with Gasteiger partial charge in [0.2, 0.25) is 5.91 Å². The lowest BCUT2D eigenvalue weighted by molar-refractivity contribution is -0.111. The molecule has 15 heavy (non-hydrogen) atoms. The molecule has 0 spiro atoms. The van der Waals surface area contributed by atoms with Gasteiger partial charge in [0, 0.05) is 12.8 Å². The monoisotopic (exact) mass is 205 g/mol. The summed E-state index contributed by atoms with van der Waals surface area (Å²) >= 11 is 0. The van der Waals surface area contributed by atoms with E-state index in [0.29, 0.717) is 6.61 Å². The third-order valence-electron chi connectivity index (χ3n) is 2.04. The van der Waals surface area contributed by atoms with Crippen LogP contribution in [0.4, 0.5) is 5.69 Å². The fraction of sp³-hybridized carbons (Fsp3) is 0.250. The zero-order chi connectivity index (χ0) is 11.1. The molecule has 80 valence electrons. The minimum Gasteiger partial charge on any atom is -0.384 e. The van der Waals surface area contributed by atoms with Crippen molar-refractivity contribution in [2.45, 2.75) is 6.42 Å². The molecule has 1 amide bonds. The first-order chi connectivity index (χ1) is 7.27. The predicted octanol–water partition coefficient (Wildman–Crippen LogP) is 2.00. The van der Waals surface area contributed by atoms with Crippen molar-refractivity contribution in [3.8, 4) is 0 Å². The van der Waals surface area contributed by atoms with E-state index in [1.54, 1.807) is 7.11 Å². The first-order valence-electron chi connectivity index (χ1n) is 4.78. The van der Waals surface area contributed by atoms with Gasteiger partial charge < -0.3 is 10.1 Å². The van der Waals surface area contributed by atoms with Crippen molar-refractivity contribution in [1.29, 1.82) is 0 Å². The number of benzene rings is 1. The standard InChI is InChI=1S/C12H15NO2/c1-3-12(14)13-11-7-5-4-6-10(11)8-9-15-2/h3-7H,1,8-9H2,2H3,(H,13,14). The lowest BCUT2D eigenvalue weighted by Crippen LogP contribution is -2.10. The molecule has 0 saturated heterocycles. The molecule has 0 bridgehead atoms. The number of para-hydroxylation sites is 1. The Balaban J connectivity index is 2.76. The molecule has 0 aliphatic rings. The molecule has 1 aromatic rings. The Morgan fingerprint density at radius 1 is 1.53 bits per heavy atom. The van der Waals surface area contributed by atoms with E-state index < -0.39 is 0 Å². The fourth-order valence-corrected chi connectivity index (χ4v) is 1.26. The second-order valence-electron chi connectivity index (χ2n) is 3.09. The molecular weight excluding hydrogens is 190 g/mol. The number of carbonyl (C=O) groups excluding carboxylic acids is 1. The zero-order valence-corrected chi connectivity index (χ0v) is 8.82. The van der Waals surface area contributed by atoms with Gasteiger partial charge in [-0.05, 0) is 24.1 Å². The van der Waals surface area contributed by atoms with E-state index in [9.17, 15) is 4.79 Å². The van der Waals surface area contributed by atoms with E-state index in [1.165, 1.54) is 6.08 Å². The zero-order valence-electron chi connectivity index (χ0n) is 8.82. The van der Waals surface area contributed by atoms with Crippen LogP contribution >= 0.6 is 0 Å². The smallest absolute Gasteiger partial charge is 0.247 e. The molecule has 0 radical (unpaired) electrons. The van der Waals surface area contributed by atoms with E-state index in [1.807, 2.05) is 24.3 Å². The number of ether oxygens (including phenoxy) is 1. The Kier molecular flexibility index (Phi) is 4.57. The van der Waals surface area contributed by atoms with Gasteiger partial charge >= 0.3 is 0 Å². The summed E-state index contributed by atoms with van der Waals surface area (Å²) in [5.41, 5.74) is 1.88. The Labute approximate surface area is 89.8 Å². The van der Waals surface area contributed by atoms with Crippen molar-refractivity contribution in [3.05, 3.63) is 42.5 Å². The molecule has 3 nitrogen and oxygen atoms in total. The molecule has 1 rings (SSSR count). The summed E-state index contributed by atoms with van der Waals surface area (Å²) in [5, 5.41) is 2.76. The highest BCUT2D eigenvalue weighted by molar-refractivity contribution is 5.99. The van der Waals surface area contributed by atoms with Gasteiger partial charge in [0.05, 0.1) is 6.61 Å². The van der Waals surface area contributed by atoms with Crippen LogP contribution in [-0.4, -0.2) is 19.6 Å². The van der Waals surface area contributed by atoms with Gasteiger partial charge in [0.15, 0.2) is 0 Å². The molecule has 0 fully saturated rings. The molecule has 1 N–H and O–H groups in total. The minimum atomic E-state index is -0.195. The van der Waals surface area contributed by atoms with Crippen molar-refractivity contribution in [2.75, 3.05) is 19.0 Å².